The first kappa shape index (κ1) is 14.8. The van der Waals surface area contributed by atoms with Gasteiger partial charge in [0.05, 0.1) is 0 Å². The lowest BCUT2D eigenvalue weighted by Crippen LogP contribution is -2.31. The topological polar surface area (TPSA) is 58.4 Å². The van der Waals surface area contributed by atoms with E-state index in [2.05, 4.69) is 10.2 Å². The summed E-state index contributed by atoms with van der Waals surface area (Å²) < 4.78 is 12.9. The molecule has 1 aliphatic rings. The van der Waals surface area contributed by atoms with E-state index < -0.39 is 0 Å². The van der Waals surface area contributed by atoms with Crippen LogP contribution in [0.5, 0.6) is 0 Å². The molecule has 1 aliphatic heterocycles. The zero-order valence-corrected chi connectivity index (χ0v) is 11.6. The Bertz CT molecular complexity index is 435. The molecule has 0 saturated carbocycles. The molecule has 1 fully saturated rings. The van der Waals surface area contributed by atoms with Crippen LogP contribution in [-0.4, -0.2) is 32.1 Å². The summed E-state index contributed by atoms with van der Waals surface area (Å²) in [6.45, 7) is 3.12. The molecular weight excluding hydrogens is 257 g/mol. The van der Waals surface area contributed by atoms with Crippen LogP contribution in [0.3, 0.4) is 0 Å². The number of nitrogens with one attached hydrogen (secondary N) is 1. The maximum absolute atomic E-state index is 12.9. The largest absolute Gasteiger partial charge is 0.371 e. The number of benzene rings is 1. The normalized spacial score (nSPS) is 18.3. The second-order valence-electron chi connectivity index (χ2n) is 5.27. The van der Waals surface area contributed by atoms with Crippen LogP contribution in [0.4, 0.5) is 10.1 Å². The maximum atomic E-state index is 12.9. The number of hydrogen-bond acceptors (Lipinski definition) is 3. The molecule has 1 atom stereocenters. The number of carbonyl (C=O) groups is 1. The number of rotatable bonds is 6. The van der Waals surface area contributed by atoms with E-state index in [1.165, 1.54) is 12.1 Å². The van der Waals surface area contributed by atoms with Crippen molar-refractivity contribution in [2.75, 3.05) is 31.1 Å². The van der Waals surface area contributed by atoms with Crippen molar-refractivity contribution in [1.82, 2.24) is 5.32 Å². The third kappa shape index (κ3) is 4.20. The van der Waals surface area contributed by atoms with E-state index in [1.807, 2.05) is 0 Å². The number of halogens is 1. The number of nitrogens with two attached hydrogens (primary N) is 1. The molecule has 5 heteroatoms. The molecule has 1 amide bonds. The zero-order chi connectivity index (χ0) is 14.4. The molecule has 1 saturated heterocycles. The third-order valence-corrected chi connectivity index (χ3v) is 3.67. The first-order chi connectivity index (χ1) is 9.69. The van der Waals surface area contributed by atoms with Gasteiger partial charge in [-0.1, -0.05) is 0 Å². The Morgan fingerprint density at radius 1 is 1.40 bits per heavy atom. The summed E-state index contributed by atoms with van der Waals surface area (Å²) in [6.07, 6.45) is 2.29. The van der Waals surface area contributed by atoms with Gasteiger partial charge < -0.3 is 16.0 Å². The van der Waals surface area contributed by atoms with Gasteiger partial charge in [0.25, 0.3) is 0 Å². The van der Waals surface area contributed by atoms with Gasteiger partial charge in [-0.05, 0) is 49.6 Å². The van der Waals surface area contributed by atoms with Crippen LogP contribution in [0, 0.1) is 11.7 Å². The molecule has 1 heterocycles. The number of hydrogen-bond donors (Lipinski definition) is 2. The molecule has 0 bridgehead atoms. The average Bonchev–Trinajstić information content (AvgIpc) is 2.92. The average molecular weight is 279 g/mol. The van der Waals surface area contributed by atoms with E-state index in [0.29, 0.717) is 25.4 Å². The molecule has 3 N–H and O–H groups in total. The van der Waals surface area contributed by atoms with Crippen LogP contribution in [0.25, 0.3) is 0 Å². The van der Waals surface area contributed by atoms with Gasteiger partial charge >= 0.3 is 0 Å². The summed E-state index contributed by atoms with van der Waals surface area (Å²) in [4.78, 5) is 13.8. The fraction of sp³-hybridized carbons (Fsp3) is 0.533. The molecule has 4 nitrogen and oxygen atoms in total. The number of anilines is 1. The lowest BCUT2D eigenvalue weighted by atomic mass is 10.1. The van der Waals surface area contributed by atoms with Gasteiger partial charge in [-0.3, -0.25) is 4.79 Å². The maximum Gasteiger partial charge on any atom is 0.220 e. The molecular formula is C15H22FN3O. The first-order valence-corrected chi connectivity index (χ1v) is 7.16. The predicted octanol–water partition coefficient (Wildman–Crippen LogP) is 1.51. The van der Waals surface area contributed by atoms with Crippen LogP contribution in [0.1, 0.15) is 19.3 Å². The van der Waals surface area contributed by atoms with Crippen molar-refractivity contribution in [2.45, 2.75) is 19.3 Å². The van der Waals surface area contributed by atoms with Gasteiger partial charge in [0, 0.05) is 31.7 Å². The van der Waals surface area contributed by atoms with Crippen LogP contribution in [0.15, 0.2) is 24.3 Å². The standard InChI is InChI=1S/C15H22FN3O/c16-13-3-5-14(6-4-13)19-9-7-12(11-19)10-18-15(20)2-1-8-17/h3-6,12H,1-2,7-11,17H2,(H,18,20). The highest BCUT2D eigenvalue weighted by Crippen LogP contribution is 2.23. The second-order valence-corrected chi connectivity index (χ2v) is 5.27. The first-order valence-electron chi connectivity index (χ1n) is 7.16. The lowest BCUT2D eigenvalue weighted by molar-refractivity contribution is -0.121. The van der Waals surface area contributed by atoms with Crippen molar-refractivity contribution in [3.05, 3.63) is 30.1 Å². The SMILES string of the molecule is NCCCC(=O)NCC1CCN(c2ccc(F)cc2)C1. The van der Waals surface area contributed by atoms with Gasteiger partial charge in [0.15, 0.2) is 0 Å². The minimum Gasteiger partial charge on any atom is -0.371 e. The van der Waals surface area contributed by atoms with Crippen LogP contribution >= 0.6 is 0 Å². The molecule has 1 unspecified atom stereocenters. The number of nitrogens with zero attached hydrogens (tertiary/aromatic N) is 1. The van der Waals surface area contributed by atoms with Crippen molar-refractivity contribution in [3.8, 4) is 0 Å². The van der Waals surface area contributed by atoms with E-state index in [0.717, 1.165) is 31.6 Å². The second kappa shape index (κ2) is 7.24. The molecule has 2 rings (SSSR count). The van der Waals surface area contributed by atoms with E-state index in [-0.39, 0.29) is 11.7 Å². The Kier molecular flexibility index (Phi) is 5.35. The Balaban J connectivity index is 1.75. The number of amides is 1. The summed E-state index contributed by atoms with van der Waals surface area (Å²) >= 11 is 0. The molecule has 1 aromatic carbocycles. The van der Waals surface area contributed by atoms with Crippen molar-refractivity contribution in [2.24, 2.45) is 11.7 Å². The van der Waals surface area contributed by atoms with Gasteiger partial charge in [-0.15, -0.1) is 0 Å². The summed E-state index contributed by atoms with van der Waals surface area (Å²) in [5, 5.41) is 2.96. The molecule has 0 aromatic heterocycles. The van der Waals surface area contributed by atoms with Crippen molar-refractivity contribution < 1.29 is 9.18 Å². The minimum atomic E-state index is -0.211. The highest BCUT2D eigenvalue weighted by Gasteiger charge is 2.22. The van der Waals surface area contributed by atoms with Gasteiger partial charge in [-0.25, -0.2) is 4.39 Å². The molecule has 0 spiro atoms. The van der Waals surface area contributed by atoms with Crippen molar-refractivity contribution >= 4 is 11.6 Å². The van der Waals surface area contributed by atoms with Gasteiger partial charge in [0.1, 0.15) is 5.82 Å². The fourth-order valence-corrected chi connectivity index (χ4v) is 2.49. The molecule has 0 aliphatic carbocycles. The summed E-state index contributed by atoms with van der Waals surface area (Å²) in [5.41, 5.74) is 6.42. The Morgan fingerprint density at radius 3 is 2.85 bits per heavy atom. The number of carbonyl (C=O) groups excluding carboxylic acids is 1. The zero-order valence-electron chi connectivity index (χ0n) is 11.6. The molecule has 110 valence electrons. The molecule has 20 heavy (non-hydrogen) atoms. The van der Waals surface area contributed by atoms with E-state index in [9.17, 15) is 9.18 Å². The monoisotopic (exact) mass is 279 g/mol. The molecule has 0 radical (unpaired) electrons. The summed E-state index contributed by atoms with van der Waals surface area (Å²) in [5.74, 6) is 0.328. The summed E-state index contributed by atoms with van der Waals surface area (Å²) in [6, 6.07) is 6.57. The fourth-order valence-electron chi connectivity index (χ4n) is 2.49. The van der Waals surface area contributed by atoms with E-state index >= 15 is 0 Å². The van der Waals surface area contributed by atoms with Gasteiger partial charge in [0.2, 0.25) is 5.91 Å². The predicted molar refractivity (Wildman–Crippen MR) is 78.0 cm³/mol. The summed E-state index contributed by atoms with van der Waals surface area (Å²) in [7, 11) is 0. The highest BCUT2D eigenvalue weighted by molar-refractivity contribution is 5.75. The lowest BCUT2D eigenvalue weighted by Gasteiger charge is -2.18. The van der Waals surface area contributed by atoms with Crippen molar-refractivity contribution in [1.29, 1.82) is 0 Å². The van der Waals surface area contributed by atoms with Gasteiger partial charge in [-0.2, -0.15) is 0 Å². The quantitative estimate of drug-likeness (QED) is 0.830. The Hall–Kier alpha value is -1.62. The Morgan fingerprint density at radius 2 is 2.15 bits per heavy atom. The Labute approximate surface area is 119 Å². The van der Waals surface area contributed by atoms with Crippen molar-refractivity contribution in [3.63, 3.8) is 0 Å². The van der Waals surface area contributed by atoms with Crippen LogP contribution in [-0.2, 0) is 4.79 Å². The van der Waals surface area contributed by atoms with E-state index in [4.69, 9.17) is 5.73 Å². The van der Waals surface area contributed by atoms with E-state index in [1.54, 1.807) is 12.1 Å². The molecule has 1 aromatic rings. The van der Waals surface area contributed by atoms with Crippen LogP contribution in [0.2, 0.25) is 0 Å². The highest BCUT2D eigenvalue weighted by atomic mass is 19.1. The minimum absolute atomic E-state index is 0.0793. The van der Waals surface area contributed by atoms with Crippen LogP contribution < -0.4 is 16.0 Å². The smallest absolute Gasteiger partial charge is 0.220 e. The third-order valence-electron chi connectivity index (χ3n) is 3.67.